The van der Waals surface area contributed by atoms with Gasteiger partial charge in [-0.05, 0) is 42.7 Å². The summed E-state index contributed by atoms with van der Waals surface area (Å²) in [6, 6.07) is 13.3. The van der Waals surface area contributed by atoms with Gasteiger partial charge in [-0.25, -0.2) is 4.98 Å². The van der Waals surface area contributed by atoms with Crippen LogP contribution in [0.4, 0.5) is 5.13 Å². The summed E-state index contributed by atoms with van der Waals surface area (Å²) in [6.45, 7) is 2.07. The topological polar surface area (TPSA) is 51.2 Å². The Morgan fingerprint density at radius 1 is 1.28 bits per heavy atom. The van der Waals surface area contributed by atoms with E-state index >= 15 is 0 Å². The fourth-order valence-corrected chi connectivity index (χ4v) is 3.56. The van der Waals surface area contributed by atoms with E-state index in [1.165, 1.54) is 29.7 Å². The lowest BCUT2D eigenvalue weighted by Crippen LogP contribution is -2.20. The van der Waals surface area contributed by atoms with Crippen LogP contribution in [-0.4, -0.2) is 17.5 Å². The van der Waals surface area contributed by atoms with Gasteiger partial charge in [-0.3, -0.25) is 10.1 Å². The third kappa shape index (κ3) is 4.71. The third-order valence-corrected chi connectivity index (χ3v) is 4.96. The van der Waals surface area contributed by atoms with Gasteiger partial charge in [0.25, 0.3) is 5.91 Å². The number of para-hydroxylation sites is 1. The molecule has 0 aliphatic rings. The van der Waals surface area contributed by atoms with E-state index in [2.05, 4.69) is 29.4 Å². The third-order valence-electron chi connectivity index (χ3n) is 3.71. The molecule has 1 aromatic heterocycles. The monoisotopic (exact) mass is 374 g/mol. The van der Waals surface area contributed by atoms with Crippen LogP contribution in [0.2, 0.25) is 5.02 Å². The SMILES string of the molecule is CCCCc1ccc2nc(NC(=O)COc3ccccc3Cl)sc2c1. The van der Waals surface area contributed by atoms with Crippen molar-refractivity contribution in [2.45, 2.75) is 26.2 Å². The standard InChI is InChI=1S/C19H19ClN2O2S/c1-2-3-6-13-9-10-15-17(11-13)25-19(21-15)22-18(23)12-24-16-8-5-4-7-14(16)20/h4-5,7-11H,2-3,6,12H2,1H3,(H,21,22,23). The average Bonchev–Trinajstić information content (AvgIpc) is 3.00. The van der Waals surface area contributed by atoms with Crippen LogP contribution in [0.15, 0.2) is 42.5 Å². The molecule has 0 aliphatic carbocycles. The van der Waals surface area contributed by atoms with Gasteiger partial charge in [0.1, 0.15) is 5.75 Å². The average molecular weight is 375 g/mol. The first-order valence-corrected chi connectivity index (χ1v) is 9.42. The van der Waals surface area contributed by atoms with Gasteiger partial charge >= 0.3 is 0 Å². The predicted molar refractivity (Wildman–Crippen MR) is 104 cm³/mol. The largest absolute Gasteiger partial charge is 0.482 e. The van der Waals surface area contributed by atoms with Crippen molar-refractivity contribution in [3.63, 3.8) is 0 Å². The van der Waals surface area contributed by atoms with E-state index in [-0.39, 0.29) is 12.5 Å². The van der Waals surface area contributed by atoms with E-state index in [9.17, 15) is 4.79 Å². The van der Waals surface area contributed by atoms with Gasteiger partial charge in [0.2, 0.25) is 0 Å². The Balaban J connectivity index is 1.62. The van der Waals surface area contributed by atoms with Crippen LogP contribution in [0.25, 0.3) is 10.2 Å². The zero-order chi connectivity index (χ0) is 17.6. The van der Waals surface area contributed by atoms with E-state index in [4.69, 9.17) is 16.3 Å². The Kier molecular flexibility index (Phi) is 5.89. The molecule has 3 aromatic rings. The van der Waals surface area contributed by atoms with Crippen LogP contribution >= 0.6 is 22.9 Å². The van der Waals surface area contributed by atoms with E-state index in [1.54, 1.807) is 12.1 Å². The van der Waals surface area contributed by atoms with Gasteiger partial charge in [-0.2, -0.15) is 0 Å². The van der Waals surface area contributed by atoms with Gasteiger partial charge in [0.15, 0.2) is 11.7 Å². The minimum atomic E-state index is -0.259. The number of aromatic nitrogens is 1. The number of anilines is 1. The van der Waals surface area contributed by atoms with Gasteiger partial charge in [0.05, 0.1) is 15.2 Å². The number of unbranched alkanes of at least 4 members (excludes halogenated alkanes) is 1. The number of aryl methyl sites for hydroxylation is 1. The van der Waals surface area contributed by atoms with Gasteiger partial charge in [-0.15, -0.1) is 0 Å². The number of rotatable bonds is 7. The van der Waals surface area contributed by atoms with Gasteiger partial charge in [-0.1, -0.05) is 54.5 Å². The summed E-state index contributed by atoms with van der Waals surface area (Å²) in [5.41, 5.74) is 2.20. The number of thiazole rings is 1. The number of benzene rings is 2. The summed E-state index contributed by atoms with van der Waals surface area (Å²) in [5.74, 6) is 0.231. The molecule has 0 spiro atoms. The summed E-state index contributed by atoms with van der Waals surface area (Å²) in [6.07, 6.45) is 3.42. The van der Waals surface area contributed by atoms with Crippen molar-refractivity contribution in [3.8, 4) is 5.75 Å². The number of carbonyl (C=O) groups excluding carboxylic acids is 1. The van der Waals surface area contributed by atoms with Crippen molar-refractivity contribution >= 4 is 44.2 Å². The molecule has 0 saturated carbocycles. The zero-order valence-corrected chi connectivity index (χ0v) is 15.5. The van der Waals surface area contributed by atoms with Gasteiger partial charge < -0.3 is 4.74 Å². The summed E-state index contributed by atoms with van der Waals surface area (Å²) >= 11 is 7.48. The van der Waals surface area contributed by atoms with Crippen LogP contribution in [0.5, 0.6) is 5.75 Å². The summed E-state index contributed by atoms with van der Waals surface area (Å²) in [5, 5.41) is 3.84. The minimum absolute atomic E-state index is 0.110. The maximum absolute atomic E-state index is 12.1. The van der Waals surface area contributed by atoms with Crippen molar-refractivity contribution in [2.75, 3.05) is 11.9 Å². The maximum atomic E-state index is 12.1. The normalized spacial score (nSPS) is 10.8. The molecule has 0 atom stereocenters. The van der Waals surface area contributed by atoms with E-state index in [0.29, 0.717) is 15.9 Å². The molecule has 0 bridgehead atoms. The molecule has 2 aromatic carbocycles. The second kappa shape index (κ2) is 8.32. The zero-order valence-electron chi connectivity index (χ0n) is 13.9. The van der Waals surface area contributed by atoms with Crippen LogP contribution in [-0.2, 0) is 11.2 Å². The van der Waals surface area contributed by atoms with Crippen LogP contribution < -0.4 is 10.1 Å². The number of hydrogen-bond donors (Lipinski definition) is 1. The lowest BCUT2D eigenvalue weighted by atomic mass is 10.1. The number of amides is 1. The fraction of sp³-hybridized carbons (Fsp3) is 0.263. The minimum Gasteiger partial charge on any atom is -0.482 e. The maximum Gasteiger partial charge on any atom is 0.264 e. The second-order valence-electron chi connectivity index (χ2n) is 5.69. The number of nitrogens with one attached hydrogen (secondary N) is 1. The van der Waals surface area contributed by atoms with Crippen molar-refractivity contribution < 1.29 is 9.53 Å². The summed E-state index contributed by atoms with van der Waals surface area (Å²) in [4.78, 5) is 16.5. The molecule has 0 radical (unpaired) electrons. The fourth-order valence-electron chi connectivity index (χ4n) is 2.42. The number of nitrogens with zero attached hydrogens (tertiary/aromatic N) is 1. The molecule has 0 unspecified atom stereocenters. The molecule has 4 nitrogen and oxygen atoms in total. The Morgan fingerprint density at radius 2 is 2.12 bits per heavy atom. The number of carbonyl (C=O) groups is 1. The molecule has 130 valence electrons. The quantitative estimate of drug-likeness (QED) is 0.609. The first-order chi connectivity index (χ1) is 12.2. The molecule has 3 rings (SSSR count). The Bertz CT molecular complexity index is 879. The second-order valence-corrected chi connectivity index (χ2v) is 7.13. The predicted octanol–water partition coefficient (Wildman–Crippen LogP) is 5.31. The molecule has 0 aliphatic heterocycles. The Hall–Kier alpha value is -2.11. The molecule has 6 heteroatoms. The smallest absolute Gasteiger partial charge is 0.264 e. The highest BCUT2D eigenvalue weighted by Crippen LogP contribution is 2.27. The lowest BCUT2D eigenvalue weighted by molar-refractivity contribution is -0.118. The highest BCUT2D eigenvalue weighted by atomic mass is 35.5. The van der Waals surface area contributed by atoms with Gasteiger partial charge in [0, 0.05) is 0 Å². The summed E-state index contributed by atoms with van der Waals surface area (Å²) in [7, 11) is 0. The molecule has 1 amide bonds. The number of ether oxygens (including phenoxy) is 1. The van der Waals surface area contributed by atoms with E-state index < -0.39 is 0 Å². The van der Waals surface area contributed by atoms with E-state index in [1.807, 2.05) is 18.2 Å². The molecule has 0 fully saturated rings. The van der Waals surface area contributed by atoms with Crippen LogP contribution in [0.3, 0.4) is 0 Å². The number of fused-ring (bicyclic) bond motifs is 1. The molecular weight excluding hydrogens is 356 g/mol. The molecule has 25 heavy (non-hydrogen) atoms. The van der Waals surface area contributed by atoms with Crippen LogP contribution in [0, 0.1) is 0 Å². The van der Waals surface area contributed by atoms with Crippen molar-refractivity contribution in [1.29, 1.82) is 0 Å². The molecule has 1 heterocycles. The van der Waals surface area contributed by atoms with Crippen molar-refractivity contribution in [3.05, 3.63) is 53.1 Å². The Morgan fingerprint density at radius 3 is 2.92 bits per heavy atom. The first kappa shape index (κ1) is 17.7. The van der Waals surface area contributed by atoms with E-state index in [0.717, 1.165) is 16.6 Å². The Labute approximate surface area is 155 Å². The number of halogens is 1. The van der Waals surface area contributed by atoms with Crippen molar-refractivity contribution in [2.24, 2.45) is 0 Å². The molecule has 1 N–H and O–H groups in total. The van der Waals surface area contributed by atoms with Crippen LogP contribution in [0.1, 0.15) is 25.3 Å². The van der Waals surface area contributed by atoms with Crippen molar-refractivity contribution in [1.82, 2.24) is 4.98 Å². The summed E-state index contributed by atoms with van der Waals surface area (Å²) < 4.78 is 6.52. The molecule has 0 saturated heterocycles. The first-order valence-electron chi connectivity index (χ1n) is 8.22. The lowest BCUT2D eigenvalue weighted by Gasteiger charge is -2.06. The highest BCUT2D eigenvalue weighted by Gasteiger charge is 2.10. The number of hydrogen-bond acceptors (Lipinski definition) is 4. The highest BCUT2D eigenvalue weighted by molar-refractivity contribution is 7.22. The molecular formula is C19H19ClN2O2S.